The number of hydrogen-bond donors (Lipinski definition) is 2. The largest absolute Gasteiger partial charge is 0.312 e. The van der Waals surface area contributed by atoms with E-state index in [4.69, 9.17) is 0 Å². The molecule has 1 heterocycles. The molecule has 1 unspecified atom stereocenters. The van der Waals surface area contributed by atoms with Gasteiger partial charge in [-0.2, -0.15) is 5.21 Å². The van der Waals surface area contributed by atoms with Gasteiger partial charge in [0.05, 0.1) is 0 Å². The molecule has 1 aromatic heterocycles. The second kappa shape index (κ2) is 4.13. The fourth-order valence-electron chi connectivity index (χ4n) is 2.83. The highest BCUT2D eigenvalue weighted by Gasteiger charge is 2.49. The number of H-pyrrole nitrogens is 1. The summed E-state index contributed by atoms with van der Waals surface area (Å²) in [5, 5.41) is 18.2. The fourth-order valence-corrected chi connectivity index (χ4v) is 2.83. The van der Waals surface area contributed by atoms with Crippen molar-refractivity contribution in [2.45, 2.75) is 36.6 Å². The molecule has 2 fully saturated rings. The van der Waals surface area contributed by atoms with Crippen LogP contribution >= 0.6 is 0 Å². The molecule has 98 valence electrons. The van der Waals surface area contributed by atoms with Crippen LogP contribution in [0.3, 0.4) is 0 Å². The monoisotopic (exact) mass is 255 g/mol. The molecular weight excluding hydrogens is 238 g/mol. The van der Waals surface area contributed by atoms with Crippen LogP contribution in [0.4, 0.5) is 0 Å². The zero-order chi connectivity index (χ0) is 12.7. The van der Waals surface area contributed by atoms with Gasteiger partial charge < -0.3 is 5.32 Å². The van der Waals surface area contributed by atoms with E-state index < -0.39 is 0 Å². The van der Waals surface area contributed by atoms with Crippen molar-refractivity contribution in [1.82, 2.24) is 25.9 Å². The third-order valence-electron chi connectivity index (χ3n) is 4.39. The van der Waals surface area contributed by atoms with Gasteiger partial charge in [-0.05, 0) is 24.8 Å². The Hall–Kier alpha value is -1.75. The van der Waals surface area contributed by atoms with Gasteiger partial charge in [-0.25, -0.2) is 0 Å². The predicted octanol–water partition coefficient (Wildman–Crippen LogP) is 1.38. The summed E-state index contributed by atoms with van der Waals surface area (Å²) in [5.74, 6) is 1.55. The number of hydrogen-bond acceptors (Lipinski definition) is 4. The minimum Gasteiger partial charge on any atom is -0.312 e. The van der Waals surface area contributed by atoms with E-state index in [0.717, 1.165) is 12.4 Å². The summed E-state index contributed by atoms with van der Waals surface area (Å²) in [6, 6.07) is 11.4. The average molecular weight is 255 g/mol. The lowest BCUT2D eigenvalue weighted by atomic mass is 10.1. The molecule has 2 aliphatic rings. The molecule has 0 spiro atoms. The van der Waals surface area contributed by atoms with Gasteiger partial charge in [-0.1, -0.05) is 35.5 Å². The van der Waals surface area contributed by atoms with Gasteiger partial charge in [0.2, 0.25) is 0 Å². The van der Waals surface area contributed by atoms with E-state index in [9.17, 15) is 0 Å². The predicted molar refractivity (Wildman–Crippen MR) is 70.7 cm³/mol. The Labute approximate surface area is 111 Å². The summed E-state index contributed by atoms with van der Waals surface area (Å²) in [4.78, 5) is 0. The van der Waals surface area contributed by atoms with Crippen molar-refractivity contribution in [3.63, 3.8) is 0 Å². The number of benzene rings is 1. The molecule has 19 heavy (non-hydrogen) atoms. The molecule has 5 nitrogen and oxygen atoms in total. The highest BCUT2D eigenvalue weighted by atomic mass is 15.5. The summed E-state index contributed by atoms with van der Waals surface area (Å²) >= 11 is 0. The molecule has 0 saturated heterocycles. The fraction of sp³-hybridized carbons (Fsp3) is 0.500. The standard InChI is InChI=1S/C14H17N5/c1-2-4-10(5-3-1)11-8-12(11)15-9-14(6-7-14)13-16-18-19-17-13/h1-5,11-12,15H,6-9H2,(H,16,17,18,19)/t11?,12-/m0/s1. The average Bonchev–Trinajstić information content (AvgIpc) is 3.36. The van der Waals surface area contributed by atoms with Crippen molar-refractivity contribution in [2.75, 3.05) is 6.54 Å². The summed E-state index contributed by atoms with van der Waals surface area (Å²) in [5.41, 5.74) is 1.60. The topological polar surface area (TPSA) is 66.5 Å². The van der Waals surface area contributed by atoms with Gasteiger partial charge in [-0.3, -0.25) is 0 Å². The minimum atomic E-state index is 0.150. The quantitative estimate of drug-likeness (QED) is 0.847. The number of tetrazole rings is 1. The van der Waals surface area contributed by atoms with Gasteiger partial charge in [0.1, 0.15) is 0 Å². The molecule has 4 rings (SSSR count). The summed E-state index contributed by atoms with van der Waals surface area (Å²) in [6.07, 6.45) is 3.58. The summed E-state index contributed by atoms with van der Waals surface area (Å²) < 4.78 is 0. The van der Waals surface area contributed by atoms with Crippen molar-refractivity contribution >= 4 is 0 Å². The maximum atomic E-state index is 4.14. The third-order valence-corrected chi connectivity index (χ3v) is 4.39. The third kappa shape index (κ3) is 2.04. The smallest absolute Gasteiger partial charge is 0.181 e. The molecule has 1 aromatic carbocycles. The van der Waals surface area contributed by atoms with Crippen molar-refractivity contribution in [3.05, 3.63) is 41.7 Å². The maximum Gasteiger partial charge on any atom is 0.181 e. The van der Waals surface area contributed by atoms with Crippen LogP contribution in [0.15, 0.2) is 30.3 Å². The molecule has 2 aliphatic carbocycles. The molecule has 2 saturated carbocycles. The lowest BCUT2D eigenvalue weighted by Crippen LogP contribution is -2.30. The molecular formula is C14H17N5. The zero-order valence-corrected chi connectivity index (χ0v) is 10.7. The van der Waals surface area contributed by atoms with Crippen LogP contribution in [0.1, 0.15) is 36.6 Å². The van der Waals surface area contributed by atoms with Crippen LogP contribution in [0.2, 0.25) is 0 Å². The Morgan fingerprint density at radius 3 is 2.79 bits per heavy atom. The highest BCUT2D eigenvalue weighted by molar-refractivity contribution is 5.28. The van der Waals surface area contributed by atoms with Gasteiger partial charge in [-0.15, -0.1) is 10.2 Å². The normalized spacial score (nSPS) is 27.2. The molecule has 0 radical (unpaired) electrons. The minimum absolute atomic E-state index is 0.150. The van der Waals surface area contributed by atoms with E-state index in [0.29, 0.717) is 12.0 Å². The lowest BCUT2D eigenvalue weighted by molar-refractivity contribution is 0.542. The first-order chi connectivity index (χ1) is 9.37. The van der Waals surface area contributed by atoms with Crippen LogP contribution in [-0.4, -0.2) is 33.2 Å². The first-order valence-corrected chi connectivity index (χ1v) is 6.90. The van der Waals surface area contributed by atoms with Crippen molar-refractivity contribution in [1.29, 1.82) is 0 Å². The number of aromatic nitrogens is 4. The Kier molecular flexibility index (Phi) is 2.41. The zero-order valence-electron chi connectivity index (χ0n) is 10.7. The summed E-state index contributed by atoms with van der Waals surface area (Å²) in [7, 11) is 0. The second-order valence-electron chi connectivity index (χ2n) is 5.76. The van der Waals surface area contributed by atoms with Crippen LogP contribution in [-0.2, 0) is 5.41 Å². The van der Waals surface area contributed by atoms with E-state index >= 15 is 0 Å². The van der Waals surface area contributed by atoms with Gasteiger partial charge in [0, 0.05) is 23.9 Å². The van der Waals surface area contributed by atoms with E-state index in [2.05, 4.69) is 56.3 Å². The maximum absolute atomic E-state index is 4.14. The Bertz CT molecular complexity index is 546. The van der Waals surface area contributed by atoms with Crippen LogP contribution in [0.5, 0.6) is 0 Å². The molecule has 0 amide bonds. The Balaban J connectivity index is 1.36. The number of nitrogens with zero attached hydrogens (tertiary/aromatic N) is 3. The van der Waals surface area contributed by atoms with Gasteiger partial charge >= 0.3 is 0 Å². The Morgan fingerprint density at radius 2 is 2.11 bits per heavy atom. The van der Waals surface area contributed by atoms with Crippen molar-refractivity contribution < 1.29 is 0 Å². The lowest BCUT2D eigenvalue weighted by Gasteiger charge is -2.11. The first-order valence-electron chi connectivity index (χ1n) is 6.90. The molecule has 0 aliphatic heterocycles. The van der Waals surface area contributed by atoms with E-state index in [1.165, 1.54) is 24.8 Å². The first kappa shape index (κ1) is 11.1. The molecule has 5 heteroatoms. The van der Waals surface area contributed by atoms with Crippen LogP contribution in [0.25, 0.3) is 0 Å². The summed E-state index contributed by atoms with van der Waals surface area (Å²) in [6.45, 7) is 0.973. The van der Waals surface area contributed by atoms with E-state index in [1.54, 1.807) is 0 Å². The highest BCUT2D eigenvalue weighted by Crippen LogP contribution is 2.47. The van der Waals surface area contributed by atoms with Crippen molar-refractivity contribution in [2.24, 2.45) is 0 Å². The van der Waals surface area contributed by atoms with E-state index in [1.807, 2.05) is 0 Å². The molecule has 2 atom stereocenters. The van der Waals surface area contributed by atoms with E-state index in [-0.39, 0.29) is 5.41 Å². The van der Waals surface area contributed by atoms with Gasteiger partial charge in [0.15, 0.2) is 5.82 Å². The number of aromatic amines is 1. The van der Waals surface area contributed by atoms with Crippen LogP contribution < -0.4 is 5.32 Å². The molecule has 0 bridgehead atoms. The number of rotatable bonds is 5. The SMILES string of the molecule is c1ccc(C2C[C@@H]2NCC2(c3nn[nH]n3)CC2)cc1. The van der Waals surface area contributed by atoms with Crippen molar-refractivity contribution in [3.8, 4) is 0 Å². The van der Waals surface area contributed by atoms with Crippen LogP contribution in [0, 0.1) is 0 Å². The molecule has 2 N–H and O–H groups in total. The number of nitrogens with one attached hydrogen (secondary N) is 2. The van der Waals surface area contributed by atoms with Gasteiger partial charge in [0.25, 0.3) is 0 Å². The Morgan fingerprint density at radius 1 is 1.26 bits per heavy atom. The second-order valence-corrected chi connectivity index (χ2v) is 5.76. The molecule has 2 aromatic rings.